The van der Waals surface area contributed by atoms with Crippen molar-refractivity contribution in [2.24, 2.45) is 0 Å². The van der Waals surface area contributed by atoms with Crippen LogP contribution in [0, 0.1) is 5.82 Å². The molecule has 0 saturated carbocycles. The number of carbonyl (C=O) groups excluding carboxylic acids is 1. The van der Waals surface area contributed by atoms with Crippen LogP contribution in [0.2, 0.25) is 0 Å². The maximum Gasteiger partial charge on any atom is 0.223 e. The fourth-order valence-corrected chi connectivity index (χ4v) is 1.38. The largest absolute Gasteiger partial charge is 0.493 e. The average Bonchev–Trinajstić information content (AvgIpc) is 2.26. The van der Waals surface area contributed by atoms with E-state index in [0.29, 0.717) is 5.75 Å². The molecule has 1 aromatic rings. The van der Waals surface area contributed by atoms with Crippen molar-refractivity contribution >= 4 is 5.91 Å². The molecule has 5 heteroatoms. The van der Waals surface area contributed by atoms with Gasteiger partial charge >= 0.3 is 0 Å². The fraction of sp³-hybridized carbons (Fsp3) is 0.533. The molecule has 0 spiro atoms. The van der Waals surface area contributed by atoms with Gasteiger partial charge in [0.15, 0.2) is 0 Å². The summed E-state index contributed by atoms with van der Waals surface area (Å²) >= 11 is 0. The second-order valence-corrected chi connectivity index (χ2v) is 5.79. The second-order valence-electron chi connectivity index (χ2n) is 5.79. The van der Waals surface area contributed by atoms with E-state index in [1.54, 1.807) is 39.8 Å². The maximum absolute atomic E-state index is 12.9. The lowest BCUT2D eigenvalue weighted by Crippen LogP contribution is -2.57. The highest BCUT2D eigenvalue weighted by molar-refractivity contribution is 5.77. The van der Waals surface area contributed by atoms with Gasteiger partial charge in [-0.2, -0.15) is 0 Å². The first-order chi connectivity index (χ1) is 9.12. The SMILES string of the molecule is CC(C)(O)C(C)(C)NC(=O)CCOc1cccc(F)c1. The second kappa shape index (κ2) is 6.22. The van der Waals surface area contributed by atoms with E-state index in [1.807, 2.05) is 0 Å². The van der Waals surface area contributed by atoms with Gasteiger partial charge in [0, 0.05) is 6.07 Å². The summed E-state index contributed by atoms with van der Waals surface area (Å²) < 4.78 is 18.2. The van der Waals surface area contributed by atoms with E-state index in [4.69, 9.17) is 4.74 Å². The van der Waals surface area contributed by atoms with E-state index < -0.39 is 11.1 Å². The number of aliphatic hydroxyl groups is 1. The minimum Gasteiger partial charge on any atom is -0.493 e. The van der Waals surface area contributed by atoms with Crippen LogP contribution < -0.4 is 10.1 Å². The molecule has 0 atom stereocenters. The van der Waals surface area contributed by atoms with Gasteiger partial charge in [0.1, 0.15) is 11.6 Å². The molecule has 0 fully saturated rings. The fourth-order valence-electron chi connectivity index (χ4n) is 1.38. The highest BCUT2D eigenvalue weighted by Gasteiger charge is 2.36. The molecule has 1 rings (SSSR count). The molecule has 0 saturated heterocycles. The third-order valence-electron chi connectivity index (χ3n) is 3.38. The summed E-state index contributed by atoms with van der Waals surface area (Å²) in [7, 11) is 0. The van der Waals surface area contributed by atoms with Crippen LogP contribution in [0.3, 0.4) is 0 Å². The Kier molecular flexibility index (Phi) is 5.11. The van der Waals surface area contributed by atoms with Crippen molar-refractivity contribution in [1.82, 2.24) is 5.32 Å². The third-order valence-corrected chi connectivity index (χ3v) is 3.38. The van der Waals surface area contributed by atoms with Gasteiger partial charge in [0.05, 0.1) is 24.2 Å². The molecule has 1 amide bonds. The molecule has 0 heterocycles. The average molecular weight is 283 g/mol. The normalized spacial score (nSPS) is 12.1. The van der Waals surface area contributed by atoms with Gasteiger partial charge in [-0.3, -0.25) is 4.79 Å². The Morgan fingerprint density at radius 1 is 1.35 bits per heavy atom. The van der Waals surface area contributed by atoms with Crippen molar-refractivity contribution in [3.05, 3.63) is 30.1 Å². The molecule has 0 radical (unpaired) electrons. The van der Waals surface area contributed by atoms with Gasteiger partial charge in [-0.15, -0.1) is 0 Å². The zero-order chi connectivity index (χ0) is 15.4. The minimum absolute atomic E-state index is 0.135. The zero-order valence-electron chi connectivity index (χ0n) is 12.4. The van der Waals surface area contributed by atoms with E-state index in [1.165, 1.54) is 12.1 Å². The van der Waals surface area contributed by atoms with Crippen molar-refractivity contribution in [3.8, 4) is 5.75 Å². The Bertz CT molecular complexity index is 466. The Balaban J connectivity index is 2.41. The van der Waals surface area contributed by atoms with Crippen molar-refractivity contribution in [2.75, 3.05) is 6.61 Å². The number of benzene rings is 1. The number of ether oxygens (including phenoxy) is 1. The molecule has 0 bridgehead atoms. The number of halogens is 1. The maximum atomic E-state index is 12.9. The summed E-state index contributed by atoms with van der Waals surface area (Å²) in [5.74, 6) is -0.219. The van der Waals surface area contributed by atoms with Gasteiger partial charge in [-0.05, 0) is 39.8 Å². The molecule has 0 aromatic heterocycles. The van der Waals surface area contributed by atoms with Gasteiger partial charge < -0.3 is 15.2 Å². The summed E-state index contributed by atoms with van der Waals surface area (Å²) in [6, 6.07) is 5.76. The molecule has 0 aliphatic rings. The van der Waals surface area contributed by atoms with Gasteiger partial charge in [0.2, 0.25) is 5.91 Å². The molecule has 4 nitrogen and oxygen atoms in total. The van der Waals surface area contributed by atoms with Gasteiger partial charge in [-0.1, -0.05) is 6.07 Å². The van der Waals surface area contributed by atoms with Gasteiger partial charge in [-0.25, -0.2) is 4.39 Å². The predicted molar refractivity (Wildman–Crippen MR) is 75.0 cm³/mol. The Morgan fingerprint density at radius 2 is 2.00 bits per heavy atom. The van der Waals surface area contributed by atoms with E-state index >= 15 is 0 Å². The number of amides is 1. The van der Waals surface area contributed by atoms with Crippen LogP contribution in [0.4, 0.5) is 4.39 Å². The third kappa shape index (κ3) is 4.81. The first kappa shape index (κ1) is 16.4. The molecule has 0 unspecified atom stereocenters. The summed E-state index contributed by atoms with van der Waals surface area (Å²) in [5, 5.41) is 12.7. The molecule has 20 heavy (non-hydrogen) atoms. The number of rotatable bonds is 6. The Labute approximate surface area is 119 Å². The van der Waals surface area contributed by atoms with Crippen LogP contribution in [-0.2, 0) is 4.79 Å². The van der Waals surface area contributed by atoms with Crippen molar-refractivity contribution in [1.29, 1.82) is 0 Å². The monoisotopic (exact) mass is 283 g/mol. The Morgan fingerprint density at radius 3 is 2.55 bits per heavy atom. The van der Waals surface area contributed by atoms with E-state index in [0.717, 1.165) is 0 Å². The lowest BCUT2D eigenvalue weighted by molar-refractivity contribution is -0.126. The zero-order valence-corrected chi connectivity index (χ0v) is 12.4. The first-order valence-electron chi connectivity index (χ1n) is 6.53. The van der Waals surface area contributed by atoms with E-state index in [9.17, 15) is 14.3 Å². The lowest BCUT2D eigenvalue weighted by atomic mass is 9.86. The number of hydrogen-bond acceptors (Lipinski definition) is 3. The first-order valence-corrected chi connectivity index (χ1v) is 6.53. The summed E-state index contributed by atoms with van der Waals surface area (Å²) in [4.78, 5) is 11.8. The van der Waals surface area contributed by atoms with Crippen molar-refractivity contribution < 1.29 is 19.0 Å². The van der Waals surface area contributed by atoms with Crippen LogP contribution in [0.25, 0.3) is 0 Å². The molecule has 0 aliphatic heterocycles. The van der Waals surface area contributed by atoms with Crippen LogP contribution in [-0.4, -0.2) is 28.8 Å². The predicted octanol–water partition coefficient (Wildman–Crippen LogP) is 2.26. The molecule has 2 N–H and O–H groups in total. The summed E-state index contributed by atoms with van der Waals surface area (Å²) in [6.07, 6.45) is 0.135. The molecule has 112 valence electrons. The van der Waals surface area contributed by atoms with Crippen LogP contribution >= 0.6 is 0 Å². The number of nitrogens with one attached hydrogen (secondary N) is 1. The molecular weight excluding hydrogens is 261 g/mol. The number of carbonyl (C=O) groups is 1. The summed E-state index contributed by atoms with van der Waals surface area (Å²) in [5.41, 5.74) is -1.78. The highest BCUT2D eigenvalue weighted by atomic mass is 19.1. The van der Waals surface area contributed by atoms with Gasteiger partial charge in [0.25, 0.3) is 0 Å². The van der Waals surface area contributed by atoms with Crippen LogP contribution in [0.5, 0.6) is 5.75 Å². The van der Waals surface area contributed by atoms with Crippen molar-refractivity contribution in [2.45, 2.75) is 45.3 Å². The molecule has 0 aliphatic carbocycles. The van der Waals surface area contributed by atoms with Crippen LogP contribution in [0.1, 0.15) is 34.1 Å². The lowest BCUT2D eigenvalue weighted by Gasteiger charge is -2.38. The number of hydrogen-bond donors (Lipinski definition) is 2. The topological polar surface area (TPSA) is 58.6 Å². The summed E-state index contributed by atoms with van der Waals surface area (Å²) in [6.45, 7) is 6.92. The quantitative estimate of drug-likeness (QED) is 0.842. The standard InChI is InChI=1S/C15H22FNO3/c1-14(2,15(3,4)19)17-13(18)8-9-20-12-7-5-6-11(16)10-12/h5-7,10,19H,8-9H2,1-4H3,(H,17,18). The molecular formula is C15H22FNO3. The van der Waals surface area contributed by atoms with E-state index in [-0.39, 0.29) is 24.8 Å². The van der Waals surface area contributed by atoms with E-state index in [2.05, 4.69) is 5.32 Å². The smallest absolute Gasteiger partial charge is 0.223 e. The minimum atomic E-state index is -1.04. The molecule has 1 aromatic carbocycles. The Hall–Kier alpha value is -1.62. The van der Waals surface area contributed by atoms with Crippen LogP contribution in [0.15, 0.2) is 24.3 Å². The van der Waals surface area contributed by atoms with Crippen molar-refractivity contribution in [3.63, 3.8) is 0 Å². The highest BCUT2D eigenvalue weighted by Crippen LogP contribution is 2.20.